The zero-order valence-corrected chi connectivity index (χ0v) is 15.0. The smallest absolute Gasteiger partial charge is 0.326 e. The number of benzene rings is 1. The number of likely N-dealkylation sites (tertiary alicyclic amines) is 1. The quantitative estimate of drug-likeness (QED) is 0.424. The van der Waals surface area contributed by atoms with Crippen LogP contribution in [-0.2, 0) is 19.1 Å². The van der Waals surface area contributed by atoms with Crippen LogP contribution in [0.5, 0.6) is 0 Å². The topological polar surface area (TPSA) is 101 Å². The van der Waals surface area contributed by atoms with Gasteiger partial charge in [0.25, 0.3) is 11.8 Å². The molecule has 0 bridgehead atoms. The van der Waals surface area contributed by atoms with Crippen LogP contribution in [0.25, 0.3) is 0 Å². The fourth-order valence-electron chi connectivity index (χ4n) is 3.89. The molecule has 0 aromatic heterocycles. The fourth-order valence-corrected chi connectivity index (χ4v) is 3.89. The van der Waals surface area contributed by atoms with Gasteiger partial charge in [-0.1, -0.05) is 24.3 Å². The maximum atomic E-state index is 12.3. The summed E-state index contributed by atoms with van der Waals surface area (Å²) >= 11 is 0. The first-order valence-corrected chi connectivity index (χ1v) is 9.10. The van der Waals surface area contributed by atoms with Gasteiger partial charge in [0.1, 0.15) is 13.2 Å². The molecule has 1 aliphatic carbocycles. The van der Waals surface area contributed by atoms with Crippen LogP contribution in [0, 0.1) is 11.8 Å². The lowest BCUT2D eigenvalue weighted by atomic mass is 9.85. The summed E-state index contributed by atoms with van der Waals surface area (Å²) in [6.07, 6.45) is 4.74. The number of carbonyl (C=O) groups is 5. The fraction of sp³-hybridized carbons (Fsp3) is 0.350. The Kier molecular flexibility index (Phi) is 4.54. The van der Waals surface area contributed by atoms with E-state index in [0.29, 0.717) is 24.0 Å². The molecule has 1 aromatic carbocycles. The standard InChI is InChI=1S/C20H18N2O6/c23-16(11-22-19(26)14-7-3-4-8-15(14)20(22)27)28-10-9-21-17(24)12-5-1-2-6-13(12)18(21)25/h1-6,14-15H,7-11H2/t14-,15-/m0/s1. The molecular weight excluding hydrogens is 364 g/mol. The summed E-state index contributed by atoms with van der Waals surface area (Å²) in [4.78, 5) is 63.2. The first-order valence-electron chi connectivity index (χ1n) is 9.10. The Balaban J connectivity index is 1.30. The molecule has 8 nitrogen and oxygen atoms in total. The molecule has 2 heterocycles. The zero-order valence-electron chi connectivity index (χ0n) is 15.0. The van der Waals surface area contributed by atoms with E-state index >= 15 is 0 Å². The van der Waals surface area contributed by atoms with Crippen molar-refractivity contribution >= 4 is 29.6 Å². The van der Waals surface area contributed by atoms with Crippen molar-refractivity contribution in [2.75, 3.05) is 19.7 Å². The number of ether oxygens (including phenoxy) is 1. The highest BCUT2D eigenvalue weighted by molar-refractivity contribution is 6.21. The minimum absolute atomic E-state index is 0.0881. The van der Waals surface area contributed by atoms with Gasteiger partial charge in [-0.25, -0.2) is 0 Å². The molecule has 0 saturated carbocycles. The molecule has 2 atom stereocenters. The number of hydrogen-bond acceptors (Lipinski definition) is 6. The monoisotopic (exact) mass is 382 g/mol. The van der Waals surface area contributed by atoms with E-state index in [-0.39, 0.29) is 25.0 Å². The molecule has 2 aliphatic heterocycles. The van der Waals surface area contributed by atoms with E-state index in [1.54, 1.807) is 24.3 Å². The van der Waals surface area contributed by atoms with E-state index < -0.39 is 36.2 Å². The van der Waals surface area contributed by atoms with Crippen molar-refractivity contribution in [1.29, 1.82) is 0 Å². The van der Waals surface area contributed by atoms with Gasteiger partial charge in [-0.3, -0.25) is 33.8 Å². The van der Waals surface area contributed by atoms with Crippen LogP contribution in [0.2, 0.25) is 0 Å². The maximum absolute atomic E-state index is 12.3. The van der Waals surface area contributed by atoms with E-state index in [0.717, 1.165) is 9.80 Å². The molecule has 0 radical (unpaired) electrons. The van der Waals surface area contributed by atoms with Crippen molar-refractivity contribution < 1.29 is 28.7 Å². The minimum Gasteiger partial charge on any atom is -0.462 e. The summed E-state index contributed by atoms with van der Waals surface area (Å²) in [7, 11) is 0. The number of rotatable bonds is 5. The van der Waals surface area contributed by atoms with Crippen molar-refractivity contribution in [3.63, 3.8) is 0 Å². The van der Waals surface area contributed by atoms with Gasteiger partial charge in [-0.2, -0.15) is 0 Å². The Morgan fingerprint density at radius 3 is 1.96 bits per heavy atom. The number of amides is 4. The molecule has 1 fully saturated rings. The van der Waals surface area contributed by atoms with Crippen LogP contribution >= 0.6 is 0 Å². The molecule has 1 saturated heterocycles. The molecule has 28 heavy (non-hydrogen) atoms. The van der Waals surface area contributed by atoms with Gasteiger partial charge in [0, 0.05) is 0 Å². The lowest BCUT2D eigenvalue weighted by molar-refractivity contribution is -0.153. The molecule has 144 valence electrons. The van der Waals surface area contributed by atoms with Crippen molar-refractivity contribution in [3.8, 4) is 0 Å². The molecule has 4 rings (SSSR count). The van der Waals surface area contributed by atoms with Crippen molar-refractivity contribution in [1.82, 2.24) is 9.80 Å². The van der Waals surface area contributed by atoms with Gasteiger partial charge in [-0.05, 0) is 25.0 Å². The second-order valence-corrected chi connectivity index (χ2v) is 6.95. The van der Waals surface area contributed by atoms with Crippen LogP contribution in [0.3, 0.4) is 0 Å². The van der Waals surface area contributed by atoms with Crippen molar-refractivity contribution in [2.45, 2.75) is 12.8 Å². The molecule has 1 aromatic rings. The van der Waals surface area contributed by atoms with E-state index in [2.05, 4.69) is 0 Å². The molecular formula is C20H18N2O6. The van der Waals surface area contributed by atoms with Gasteiger partial charge < -0.3 is 4.74 Å². The molecule has 3 aliphatic rings. The largest absolute Gasteiger partial charge is 0.462 e. The minimum atomic E-state index is -0.745. The number of esters is 1. The normalized spacial score (nSPS) is 23.3. The van der Waals surface area contributed by atoms with Gasteiger partial charge in [0.2, 0.25) is 11.8 Å². The third-order valence-electron chi connectivity index (χ3n) is 5.34. The highest BCUT2D eigenvalue weighted by Gasteiger charge is 2.47. The van der Waals surface area contributed by atoms with Crippen molar-refractivity contribution in [3.05, 3.63) is 47.5 Å². The highest BCUT2D eigenvalue weighted by atomic mass is 16.5. The van der Waals surface area contributed by atoms with Gasteiger partial charge >= 0.3 is 5.97 Å². The summed E-state index contributed by atoms with van der Waals surface area (Å²) in [6.45, 7) is -0.739. The van der Waals surface area contributed by atoms with E-state index in [9.17, 15) is 24.0 Å². The lowest BCUT2D eigenvalue weighted by Gasteiger charge is -2.16. The number of imide groups is 2. The number of nitrogens with zero attached hydrogens (tertiary/aromatic N) is 2. The third-order valence-corrected chi connectivity index (χ3v) is 5.34. The van der Waals surface area contributed by atoms with E-state index in [1.165, 1.54) is 0 Å². The van der Waals surface area contributed by atoms with Crippen LogP contribution in [0.15, 0.2) is 36.4 Å². The second-order valence-electron chi connectivity index (χ2n) is 6.95. The zero-order chi connectivity index (χ0) is 19.8. The Labute approximate surface area is 160 Å². The SMILES string of the molecule is O=C(CN1C(=O)[C@H]2CC=CC[C@@H]2C1=O)OCCN1C(=O)c2ccccc2C1=O. The molecule has 0 N–H and O–H groups in total. The summed E-state index contributed by atoms with van der Waals surface area (Å²) in [5.74, 6) is -3.11. The highest BCUT2D eigenvalue weighted by Crippen LogP contribution is 2.34. The Bertz CT molecular complexity index is 860. The summed E-state index contributed by atoms with van der Waals surface area (Å²) < 4.78 is 5.06. The number of carbonyl (C=O) groups excluding carboxylic acids is 5. The number of hydrogen-bond donors (Lipinski definition) is 0. The summed E-state index contributed by atoms with van der Waals surface area (Å²) in [5.41, 5.74) is 0.645. The maximum Gasteiger partial charge on any atom is 0.326 e. The lowest BCUT2D eigenvalue weighted by Crippen LogP contribution is -2.38. The van der Waals surface area contributed by atoms with Gasteiger partial charge in [-0.15, -0.1) is 0 Å². The number of fused-ring (bicyclic) bond motifs is 2. The van der Waals surface area contributed by atoms with Gasteiger partial charge in [0.05, 0.1) is 29.5 Å². The molecule has 0 spiro atoms. The second kappa shape index (κ2) is 7.03. The Morgan fingerprint density at radius 1 is 0.893 bits per heavy atom. The number of allylic oxidation sites excluding steroid dienone is 2. The molecule has 0 unspecified atom stereocenters. The predicted molar refractivity (Wildman–Crippen MR) is 94.8 cm³/mol. The van der Waals surface area contributed by atoms with E-state index in [1.807, 2.05) is 12.2 Å². The van der Waals surface area contributed by atoms with Crippen LogP contribution in [0.1, 0.15) is 33.6 Å². The Hall–Kier alpha value is -3.29. The van der Waals surface area contributed by atoms with Crippen LogP contribution < -0.4 is 0 Å². The summed E-state index contributed by atoms with van der Waals surface area (Å²) in [6, 6.07) is 6.48. The molecule has 8 heteroatoms. The van der Waals surface area contributed by atoms with Crippen LogP contribution in [-0.4, -0.2) is 59.1 Å². The average molecular weight is 382 g/mol. The predicted octanol–water partition coefficient (Wildman–Crippen LogP) is 0.777. The first-order chi connectivity index (χ1) is 13.5. The van der Waals surface area contributed by atoms with Crippen LogP contribution in [0.4, 0.5) is 0 Å². The first kappa shape index (κ1) is 18.1. The molecule has 4 amide bonds. The van der Waals surface area contributed by atoms with E-state index in [4.69, 9.17) is 4.74 Å². The summed E-state index contributed by atoms with van der Waals surface area (Å²) in [5, 5.41) is 0. The Morgan fingerprint density at radius 2 is 1.43 bits per heavy atom. The van der Waals surface area contributed by atoms with Crippen molar-refractivity contribution in [2.24, 2.45) is 11.8 Å². The third kappa shape index (κ3) is 2.90. The average Bonchev–Trinajstić information content (AvgIpc) is 3.09. The van der Waals surface area contributed by atoms with Gasteiger partial charge in [0.15, 0.2) is 0 Å².